The Bertz CT molecular complexity index is 2290. The molecule has 0 fully saturated rings. The Labute approximate surface area is 388 Å². The Kier molecular flexibility index (Phi) is 16.5. The first-order chi connectivity index (χ1) is 31.1. The molecule has 0 amide bonds. The first kappa shape index (κ1) is 49.2. The molecule has 0 aliphatic carbocycles. The van der Waals surface area contributed by atoms with Gasteiger partial charge in [-0.25, -0.2) is 0 Å². The van der Waals surface area contributed by atoms with Crippen LogP contribution in [-0.2, 0) is 44.7 Å². The summed E-state index contributed by atoms with van der Waals surface area (Å²) < 4.78 is 41.4. The van der Waals surface area contributed by atoms with Crippen molar-refractivity contribution in [3.63, 3.8) is 0 Å². The largest absolute Gasteiger partial charge is 0.496 e. The molecule has 6 rings (SSSR count). The van der Waals surface area contributed by atoms with Gasteiger partial charge in [-0.15, -0.1) is 0 Å². The van der Waals surface area contributed by atoms with Crippen molar-refractivity contribution in [2.75, 3.05) is 82.4 Å². The first-order valence-electron chi connectivity index (χ1n) is 23.4. The van der Waals surface area contributed by atoms with E-state index < -0.39 is 0 Å². The molecular weight excluding hydrogens is 821 g/mol. The van der Waals surface area contributed by atoms with Gasteiger partial charge in [-0.05, 0) is 122 Å². The van der Waals surface area contributed by atoms with Gasteiger partial charge in [-0.3, -0.25) is 9.59 Å². The summed E-state index contributed by atoms with van der Waals surface area (Å²) >= 11 is 0. The highest BCUT2D eigenvalue weighted by molar-refractivity contribution is 5.70. The molecule has 11 heteroatoms. The van der Waals surface area contributed by atoms with Gasteiger partial charge in [0.15, 0.2) is 23.0 Å². The van der Waals surface area contributed by atoms with E-state index in [2.05, 4.69) is 83.4 Å². The van der Waals surface area contributed by atoms with Crippen molar-refractivity contribution in [3.05, 3.63) is 111 Å². The number of unbranched alkanes of at least 4 members (excludes halogenated alkanes) is 1. The number of rotatable bonds is 21. The second-order valence-electron chi connectivity index (χ2n) is 18.8. The summed E-state index contributed by atoms with van der Waals surface area (Å²) in [5.74, 6) is 3.31. The minimum absolute atomic E-state index is 0.0455. The average Bonchev–Trinajstić information content (AvgIpc) is 3.30. The van der Waals surface area contributed by atoms with Gasteiger partial charge < -0.3 is 42.1 Å². The summed E-state index contributed by atoms with van der Waals surface area (Å²) in [7, 11) is 12.9. The molecule has 4 aromatic rings. The maximum atomic E-state index is 13.4. The third-order valence-corrected chi connectivity index (χ3v) is 14.4. The number of quaternary nitrogens is 2. The van der Waals surface area contributed by atoms with Crippen LogP contribution in [0.1, 0.15) is 101 Å². The number of methoxy groups -OCH3 is 5. The fraction of sp³-hybridized carbons (Fsp3) is 0.519. The molecule has 11 nitrogen and oxygen atoms in total. The fourth-order valence-corrected chi connectivity index (χ4v) is 10.1. The van der Waals surface area contributed by atoms with E-state index in [4.69, 9.17) is 33.2 Å². The summed E-state index contributed by atoms with van der Waals surface area (Å²) in [6.07, 6.45) is 6.04. The van der Waals surface area contributed by atoms with Crippen LogP contribution in [0.5, 0.6) is 28.7 Å². The Morgan fingerprint density at radius 2 is 1.09 bits per heavy atom. The number of ether oxygens (including phenoxy) is 7. The van der Waals surface area contributed by atoms with Crippen molar-refractivity contribution in [3.8, 4) is 28.7 Å². The van der Waals surface area contributed by atoms with E-state index in [0.717, 1.165) is 66.6 Å². The number of benzene rings is 4. The molecule has 0 N–H and O–H groups in total. The zero-order chi connectivity index (χ0) is 46.9. The number of esters is 2. The highest BCUT2D eigenvalue weighted by atomic mass is 16.5. The van der Waals surface area contributed by atoms with Crippen molar-refractivity contribution in [1.29, 1.82) is 0 Å². The Hall–Kier alpha value is -5.26. The average molecular weight is 895 g/mol. The zero-order valence-electron chi connectivity index (χ0n) is 41.0. The normalized spacial score (nSPS) is 20.5. The lowest BCUT2D eigenvalue weighted by molar-refractivity contribution is -0.940. The van der Waals surface area contributed by atoms with E-state index in [0.29, 0.717) is 72.9 Å². The number of carbonyl (C=O) groups is 2. The van der Waals surface area contributed by atoms with Gasteiger partial charge >= 0.3 is 11.9 Å². The summed E-state index contributed by atoms with van der Waals surface area (Å²) in [6.45, 7) is 11.9. The summed E-state index contributed by atoms with van der Waals surface area (Å²) in [4.78, 5) is 26.6. The lowest BCUT2D eigenvalue weighted by Crippen LogP contribution is -2.53. The topological polar surface area (TPSA) is 98.8 Å². The quantitative estimate of drug-likeness (QED) is 0.0461. The van der Waals surface area contributed by atoms with Crippen molar-refractivity contribution >= 4 is 11.9 Å². The molecule has 2 unspecified atom stereocenters. The van der Waals surface area contributed by atoms with Crippen LogP contribution in [-0.4, -0.2) is 109 Å². The van der Waals surface area contributed by atoms with E-state index in [1.54, 1.807) is 35.5 Å². The summed E-state index contributed by atoms with van der Waals surface area (Å²) in [5.41, 5.74) is 11.3. The Morgan fingerprint density at radius 1 is 0.585 bits per heavy atom. The molecule has 0 saturated carbocycles. The number of aryl methyl sites for hydroxylation is 3. The standard InChI is InChI=1S/C54H74N2O9/c1-36-15-16-40(32-49(36)60-8)30-46-44-29-38(3)37(2)28-42(44)19-23-55(46,5)25-21-53(57)64-27-13-12-14-39(4)65-54(58)22-26-56(6)24-20-43-34-51(62-10)52(63-11)35-45(43)47(56)31-41-17-18-48(59-7)50(33-41)61-9/h15-18,28-29,32-35,39,46-47H,12-14,19-27,30-31H2,1-11H3/q+2/t39?,46-,47-,55?,56-/m1/s1. The molecule has 0 saturated heterocycles. The monoisotopic (exact) mass is 895 g/mol. The predicted molar refractivity (Wildman–Crippen MR) is 254 cm³/mol. The predicted octanol–water partition coefficient (Wildman–Crippen LogP) is 9.35. The molecule has 352 valence electrons. The minimum Gasteiger partial charge on any atom is -0.496 e. The van der Waals surface area contributed by atoms with Crippen molar-refractivity contribution < 1.29 is 51.7 Å². The van der Waals surface area contributed by atoms with Crippen molar-refractivity contribution in [2.45, 2.75) is 104 Å². The van der Waals surface area contributed by atoms with E-state index in [1.807, 2.05) is 19.1 Å². The zero-order valence-corrected chi connectivity index (χ0v) is 41.0. The molecule has 2 aliphatic rings. The highest BCUT2D eigenvalue weighted by Gasteiger charge is 2.42. The van der Waals surface area contributed by atoms with Crippen LogP contribution in [0.3, 0.4) is 0 Å². The summed E-state index contributed by atoms with van der Waals surface area (Å²) in [6, 6.07) is 21.7. The molecule has 0 spiro atoms. The van der Waals surface area contributed by atoms with Crippen molar-refractivity contribution in [1.82, 2.24) is 0 Å². The molecule has 2 heterocycles. The first-order valence-corrected chi connectivity index (χ1v) is 23.4. The third-order valence-electron chi connectivity index (χ3n) is 14.4. The smallest absolute Gasteiger partial charge is 0.311 e. The lowest BCUT2D eigenvalue weighted by atomic mass is 9.84. The Morgan fingerprint density at radius 3 is 1.71 bits per heavy atom. The molecule has 0 radical (unpaired) electrons. The number of nitrogens with zero attached hydrogens (tertiary/aromatic N) is 2. The highest BCUT2D eigenvalue weighted by Crippen LogP contribution is 2.44. The van der Waals surface area contributed by atoms with Gasteiger partial charge in [-0.1, -0.05) is 24.3 Å². The molecule has 0 aromatic heterocycles. The fourth-order valence-electron chi connectivity index (χ4n) is 10.1. The van der Waals surface area contributed by atoms with Gasteiger partial charge in [0.2, 0.25) is 0 Å². The number of hydrogen-bond donors (Lipinski definition) is 0. The number of fused-ring (bicyclic) bond motifs is 2. The third kappa shape index (κ3) is 11.8. The summed E-state index contributed by atoms with van der Waals surface area (Å²) in [5, 5.41) is 0. The molecule has 65 heavy (non-hydrogen) atoms. The number of hydrogen-bond acceptors (Lipinski definition) is 9. The van der Waals surface area contributed by atoms with Crippen LogP contribution in [0.2, 0.25) is 0 Å². The van der Waals surface area contributed by atoms with Gasteiger partial charge in [0.05, 0.1) is 101 Å². The molecule has 4 aromatic carbocycles. The van der Waals surface area contributed by atoms with Gasteiger partial charge in [0.25, 0.3) is 0 Å². The maximum Gasteiger partial charge on any atom is 0.311 e. The van der Waals surface area contributed by atoms with Gasteiger partial charge in [0, 0.05) is 36.8 Å². The van der Waals surface area contributed by atoms with Crippen LogP contribution in [0, 0.1) is 20.8 Å². The molecule has 2 aliphatic heterocycles. The maximum absolute atomic E-state index is 13.4. The van der Waals surface area contributed by atoms with E-state index in [1.165, 1.54) is 38.9 Å². The van der Waals surface area contributed by atoms with Gasteiger partial charge in [0.1, 0.15) is 17.8 Å². The van der Waals surface area contributed by atoms with Crippen LogP contribution in [0.25, 0.3) is 0 Å². The number of carbonyl (C=O) groups excluding carboxylic acids is 2. The van der Waals surface area contributed by atoms with Gasteiger partial charge in [-0.2, -0.15) is 0 Å². The Balaban J connectivity index is 0.990. The second-order valence-corrected chi connectivity index (χ2v) is 18.8. The van der Waals surface area contributed by atoms with Crippen LogP contribution < -0.4 is 23.7 Å². The molecule has 0 bridgehead atoms. The minimum atomic E-state index is -0.242. The SMILES string of the molecule is COc1cc(C[C@@H]2c3cc(C)c(C)cc3CC[N+]2(C)CCC(=O)OCCCCC(C)OC(=O)CC[N@@+]2(C)CCc3cc(OC)c(OC)cc3[C@H]2Cc2ccc(OC)c(OC)c2)ccc1C. The van der Waals surface area contributed by atoms with Crippen molar-refractivity contribution in [2.24, 2.45) is 0 Å². The second kappa shape index (κ2) is 21.8. The lowest BCUT2D eigenvalue weighted by Gasteiger charge is -2.46. The van der Waals surface area contributed by atoms with E-state index >= 15 is 0 Å². The van der Waals surface area contributed by atoms with Crippen LogP contribution in [0.15, 0.2) is 60.7 Å². The van der Waals surface area contributed by atoms with Crippen LogP contribution in [0.4, 0.5) is 0 Å². The van der Waals surface area contributed by atoms with Crippen LogP contribution >= 0.6 is 0 Å². The van der Waals surface area contributed by atoms with E-state index in [9.17, 15) is 9.59 Å². The molecule has 5 atom stereocenters. The number of likely N-dealkylation sites (N-methyl/N-ethyl adjacent to an activating group) is 2. The van der Waals surface area contributed by atoms with E-state index in [-0.39, 0.29) is 30.1 Å². The molecular formula is C54H74N2O9+2.